The number of benzene rings is 3. The Balaban J connectivity index is 1.44. The van der Waals surface area contributed by atoms with Crippen molar-refractivity contribution in [2.24, 2.45) is 0 Å². The number of rotatable bonds is 11. The van der Waals surface area contributed by atoms with Gasteiger partial charge < -0.3 is 4.74 Å². The molecule has 41 heavy (non-hydrogen) atoms. The Morgan fingerprint density at radius 1 is 0.902 bits per heavy atom. The zero-order valence-corrected chi connectivity index (χ0v) is 24.4. The fraction of sp³-hybridized carbons (Fsp3) is 0.194. The molecule has 10 heteroatoms. The van der Waals surface area contributed by atoms with E-state index in [4.69, 9.17) is 9.72 Å². The van der Waals surface area contributed by atoms with Crippen LogP contribution >= 0.6 is 11.3 Å². The van der Waals surface area contributed by atoms with Crippen LogP contribution in [0.3, 0.4) is 0 Å². The van der Waals surface area contributed by atoms with Gasteiger partial charge in [-0.15, -0.1) is 0 Å². The van der Waals surface area contributed by atoms with Crippen LogP contribution in [-0.4, -0.2) is 41.7 Å². The first-order valence-corrected chi connectivity index (χ1v) is 15.5. The molecule has 8 nitrogen and oxygen atoms in total. The number of hydrogen-bond acceptors (Lipinski definition) is 7. The molecule has 1 amide bonds. The molecule has 0 aliphatic rings. The molecule has 0 saturated heterocycles. The number of nitrogens with zero attached hydrogens (tertiary/aromatic N) is 4. The standard InChI is InChI=1S/C31H30N4O4S2/c1-3-34(21-23-9-6-5-7-10-23)41(37,38)27-15-12-25(13-16-27)30(36)35(22-24-11-8-18-32-20-24)31-33-28-17-14-26(39-4-2)19-29(28)40-31/h5-20H,3-4,21-22H2,1-2H3. The Hall–Kier alpha value is -4.12. The van der Waals surface area contributed by atoms with Crippen LogP contribution in [-0.2, 0) is 23.1 Å². The molecular weight excluding hydrogens is 556 g/mol. The van der Waals surface area contributed by atoms with Crippen LogP contribution in [0.1, 0.15) is 35.3 Å². The largest absolute Gasteiger partial charge is 0.494 e. The van der Waals surface area contributed by atoms with Crippen molar-refractivity contribution in [1.29, 1.82) is 0 Å². The van der Waals surface area contributed by atoms with Gasteiger partial charge in [-0.05, 0) is 66.6 Å². The summed E-state index contributed by atoms with van der Waals surface area (Å²) in [4.78, 5) is 24.5. The van der Waals surface area contributed by atoms with Crippen molar-refractivity contribution in [2.75, 3.05) is 18.1 Å². The molecule has 0 aliphatic heterocycles. The molecule has 0 saturated carbocycles. The summed E-state index contributed by atoms with van der Waals surface area (Å²) in [5.74, 6) is 0.448. The highest BCUT2D eigenvalue weighted by Gasteiger charge is 2.26. The predicted molar refractivity (Wildman–Crippen MR) is 162 cm³/mol. The predicted octanol–water partition coefficient (Wildman–Crippen LogP) is 6.15. The van der Waals surface area contributed by atoms with Crippen molar-refractivity contribution < 1.29 is 17.9 Å². The summed E-state index contributed by atoms with van der Waals surface area (Å²) < 4.78 is 34.8. The first-order valence-electron chi connectivity index (χ1n) is 13.3. The molecule has 0 radical (unpaired) electrons. The van der Waals surface area contributed by atoms with Crippen LogP contribution < -0.4 is 9.64 Å². The summed E-state index contributed by atoms with van der Waals surface area (Å²) in [7, 11) is -3.76. The molecule has 0 unspecified atom stereocenters. The third kappa shape index (κ3) is 6.45. The maximum absolute atomic E-state index is 13.9. The summed E-state index contributed by atoms with van der Waals surface area (Å²) in [5.41, 5.74) is 2.86. The second-order valence-corrected chi connectivity index (χ2v) is 12.2. The molecule has 0 spiro atoms. The number of pyridine rings is 1. The second-order valence-electron chi connectivity index (χ2n) is 9.25. The highest BCUT2D eigenvalue weighted by atomic mass is 32.2. The van der Waals surface area contributed by atoms with Gasteiger partial charge in [0.05, 0.1) is 28.3 Å². The third-order valence-electron chi connectivity index (χ3n) is 6.49. The van der Waals surface area contributed by atoms with Crippen molar-refractivity contribution in [3.63, 3.8) is 0 Å². The average Bonchev–Trinajstić information content (AvgIpc) is 3.43. The minimum absolute atomic E-state index is 0.133. The van der Waals surface area contributed by atoms with Gasteiger partial charge in [0.1, 0.15) is 5.75 Å². The molecule has 0 N–H and O–H groups in total. The first kappa shape index (κ1) is 28.4. The van der Waals surface area contributed by atoms with Crippen LogP contribution in [0.2, 0.25) is 0 Å². The highest BCUT2D eigenvalue weighted by molar-refractivity contribution is 7.89. The molecule has 0 bridgehead atoms. The quantitative estimate of drug-likeness (QED) is 0.184. The Morgan fingerprint density at radius 3 is 2.34 bits per heavy atom. The van der Waals surface area contributed by atoms with Crippen molar-refractivity contribution >= 4 is 42.6 Å². The molecule has 0 atom stereocenters. The normalized spacial score (nSPS) is 11.6. The van der Waals surface area contributed by atoms with E-state index >= 15 is 0 Å². The molecule has 3 aromatic carbocycles. The highest BCUT2D eigenvalue weighted by Crippen LogP contribution is 2.33. The second kappa shape index (κ2) is 12.6. The molecule has 0 aliphatic carbocycles. The fourth-order valence-corrected chi connectivity index (χ4v) is 6.82. The van der Waals surface area contributed by atoms with E-state index in [2.05, 4.69) is 4.98 Å². The maximum Gasteiger partial charge on any atom is 0.260 e. The van der Waals surface area contributed by atoms with Crippen molar-refractivity contribution in [1.82, 2.24) is 14.3 Å². The Kier molecular flexibility index (Phi) is 8.72. The molecule has 2 aromatic heterocycles. The van der Waals surface area contributed by atoms with Crippen LogP contribution in [0.25, 0.3) is 10.2 Å². The van der Waals surface area contributed by atoms with E-state index in [1.54, 1.807) is 29.4 Å². The lowest BCUT2D eigenvalue weighted by molar-refractivity contribution is 0.0985. The molecule has 0 fully saturated rings. The smallest absolute Gasteiger partial charge is 0.260 e. The van der Waals surface area contributed by atoms with Crippen molar-refractivity contribution in [2.45, 2.75) is 31.8 Å². The number of thiazole rings is 1. The van der Waals surface area contributed by atoms with Gasteiger partial charge in [-0.2, -0.15) is 4.31 Å². The summed E-state index contributed by atoms with van der Waals surface area (Å²) in [5, 5.41) is 0.527. The average molecular weight is 587 g/mol. The van der Waals surface area contributed by atoms with Crippen molar-refractivity contribution in [3.8, 4) is 5.75 Å². The monoisotopic (exact) mass is 586 g/mol. The minimum Gasteiger partial charge on any atom is -0.494 e. The topological polar surface area (TPSA) is 92.7 Å². The van der Waals surface area contributed by atoms with Crippen LogP contribution in [0.15, 0.2) is 102 Å². The van der Waals surface area contributed by atoms with Gasteiger partial charge in [0, 0.05) is 31.0 Å². The molecular formula is C31H30N4O4S2. The van der Waals surface area contributed by atoms with Crippen LogP contribution in [0, 0.1) is 0 Å². The zero-order chi connectivity index (χ0) is 28.8. The van der Waals surface area contributed by atoms with E-state index in [9.17, 15) is 13.2 Å². The lowest BCUT2D eigenvalue weighted by atomic mass is 10.2. The molecule has 5 rings (SSSR count). The number of carbonyl (C=O) groups is 1. The van der Waals surface area contributed by atoms with Gasteiger partial charge >= 0.3 is 0 Å². The Morgan fingerprint density at radius 2 is 1.66 bits per heavy atom. The number of fused-ring (bicyclic) bond motifs is 1. The van der Waals surface area contributed by atoms with E-state index in [0.717, 1.165) is 27.1 Å². The van der Waals surface area contributed by atoms with E-state index in [-0.39, 0.29) is 23.9 Å². The van der Waals surface area contributed by atoms with Gasteiger partial charge in [-0.3, -0.25) is 14.7 Å². The minimum atomic E-state index is -3.76. The SMILES string of the molecule is CCOc1ccc2nc(N(Cc3cccnc3)C(=O)c3ccc(S(=O)(=O)N(CC)Cc4ccccc4)cc3)sc2c1. The van der Waals surface area contributed by atoms with Gasteiger partial charge in [0.25, 0.3) is 5.91 Å². The summed E-state index contributed by atoms with van der Waals surface area (Å²) >= 11 is 1.39. The fourth-order valence-electron chi connectivity index (χ4n) is 4.39. The summed E-state index contributed by atoms with van der Waals surface area (Å²) in [6.07, 6.45) is 3.39. The number of anilines is 1. The lowest BCUT2D eigenvalue weighted by Crippen LogP contribution is -2.31. The molecule has 210 valence electrons. The van der Waals surface area contributed by atoms with Gasteiger partial charge in [-0.1, -0.05) is 54.7 Å². The number of ether oxygens (including phenoxy) is 1. The van der Waals surface area contributed by atoms with Crippen LogP contribution in [0.5, 0.6) is 5.75 Å². The zero-order valence-electron chi connectivity index (χ0n) is 22.8. The van der Waals surface area contributed by atoms with E-state index in [1.807, 2.05) is 74.5 Å². The third-order valence-corrected chi connectivity index (χ3v) is 9.47. The van der Waals surface area contributed by atoms with E-state index in [0.29, 0.717) is 23.8 Å². The molecule has 2 heterocycles. The van der Waals surface area contributed by atoms with Gasteiger partial charge in [0.2, 0.25) is 10.0 Å². The van der Waals surface area contributed by atoms with Gasteiger partial charge in [0.15, 0.2) is 5.13 Å². The number of aromatic nitrogens is 2. The molecule has 5 aromatic rings. The van der Waals surface area contributed by atoms with Gasteiger partial charge in [-0.25, -0.2) is 13.4 Å². The van der Waals surface area contributed by atoms with E-state index in [1.165, 1.54) is 27.8 Å². The first-order chi connectivity index (χ1) is 19.9. The number of carbonyl (C=O) groups excluding carboxylic acids is 1. The van der Waals surface area contributed by atoms with Crippen LogP contribution in [0.4, 0.5) is 5.13 Å². The summed E-state index contributed by atoms with van der Waals surface area (Å²) in [6.45, 7) is 5.13. The number of amides is 1. The maximum atomic E-state index is 13.9. The number of hydrogen-bond donors (Lipinski definition) is 0. The number of sulfonamides is 1. The Bertz CT molecular complexity index is 1730. The van der Waals surface area contributed by atoms with E-state index < -0.39 is 10.0 Å². The Labute approximate surface area is 243 Å². The van der Waals surface area contributed by atoms with Crippen molar-refractivity contribution in [3.05, 3.63) is 114 Å². The summed E-state index contributed by atoms with van der Waals surface area (Å²) in [6, 6.07) is 24.9. The lowest BCUT2D eigenvalue weighted by Gasteiger charge is -2.22.